The van der Waals surface area contributed by atoms with Gasteiger partial charge in [0.25, 0.3) is 0 Å². The Morgan fingerprint density at radius 1 is 1.08 bits per heavy atom. The molecule has 0 aliphatic rings. The topological polar surface area (TPSA) is 82.3 Å². The van der Waals surface area contributed by atoms with Crippen LogP contribution in [0.5, 0.6) is 0 Å². The number of carbonyl (C=O) groups excluding carboxylic acids is 1. The molecule has 0 atom stereocenters. The van der Waals surface area contributed by atoms with E-state index in [1.54, 1.807) is 12.1 Å². The second-order valence-corrected chi connectivity index (χ2v) is 5.34. The van der Waals surface area contributed by atoms with E-state index in [2.05, 4.69) is 20.2 Å². The van der Waals surface area contributed by atoms with Crippen LogP contribution in [0.15, 0.2) is 42.5 Å². The lowest BCUT2D eigenvalue weighted by atomic mass is 10.1. The van der Waals surface area contributed by atoms with Crippen LogP contribution in [0.4, 0.5) is 0 Å². The average Bonchev–Trinajstić information content (AvgIpc) is 3.05. The summed E-state index contributed by atoms with van der Waals surface area (Å²) in [7, 11) is 1.28. The lowest BCUT2D eigenvalue weighted by Gasteiger charge is -2.07. The van der Waals surface area contributed by atoms with E-state index in [1.165, 1.54) is 11.5 Å². The molecule has 0 aliphatic carbocycles. The Labute approximate surface area is 140 Å². The molecule has 8 heteroatoms. The monoisotopic (exact) mass is 339 g/mol. The molecule has 0 N–H and O–H groups in total. The summed E-state index contributed by atoms with van der Waals surface area (Å²) in [5, 5.41) is 8.13. The van der Waals surface area contributed by atoms with E-state index in [9.17, 15) is 4.79 Å². The molecule has 1 aromatic carbocycles. The van der Waals surface area contributed by atoms with E-state index in [1.807, 2.05) is 30.3 Å². The highest BCUT2D eigenvalue weighted by Crippen LogP contribution is 2.27. The summed E-state index contributed by atoms with van der Waals surface area (Å²) >= 11 is 6.29. The maximum atomic E-state index is 11.9. The Balaban J connectivity index is 2.08. The number of esters is 1. The van der Waals surface area contributed by atoms with Crippen LogP contribution in [0.25, 0.3) is 28.1 Å². The fraction of sp³-hybridized carbons (Fsp3) is 0.0625. The minimum atomic E-state index is -0.604. The number of nitrogens with zero attached hydrogens (tertiary/aromatic N) is 5. The summed E-state index contributed by atoms with van der Waals surface area (Å²) in [6.45, 7) is 0. The second kappa shape index (κ2) is 5.54. The molecule has 24 heavy (non-hydrogen) atoms. The first kappa shape index (κ1) is 14.5. The maximum absolute atomic E-state index is 11.9. The van der Waals surface area contributed by atoms with Crippen molar-refractivity contribution in [2.24, 2.45) is 0 Å². The maximum Gasteiger partial charge on any atom is 0.376 e. The number of rotatable bonds is 2. The number of hydrogen-bond donors (Lipinski definition) is 0. The van der Waals surface area contributed by atoms with E-state index >= 15 is 0 Å². The standard InChI is InChI=1S/C16H10ClN5O2/c1-24-16(23)15-21-20-11-8-7-10-14(22(11)15)19-12(13(17)18-10)9-5-3-2-4-6-9/h2-8H,1H3. The van der Waals surface area contributed by atoms with Crippen LogP contribution in [-0.4, -0.2) is 37.6 Å². The van der Waals surface area contributed by atoms with Gasteiger partial charge in [0.15, 0.2) is 16.4 Å². The van der Waals surface area contributed by atoms with Gasteiger partial charge in [0.1, 0.15) is 11.2 Å². The van der Waals surface area contributed by atoms with Gasteiger partial charge in [-0.05, 0) is 12.1 Å². The Bertz CT molecular complexity index is 1080. The van der Waals surface area contributed by atoms with Crippen molar-refractivity contribution in [3.63, 3.8) is 0 Å². The second-order valence-electron chi connectivity index (χ2n) is 4.98. The molecule has 0 saturated carbocycles. The lowest BCUT2D eigenvalue weighted by molar-refractivity contribution is 0.0585. The number of hydrogen-bond acceptors (Lipinski definition) is 6. The van der Waals surface area contributed by atoms with Gasteiger partial charge in [-0.1, -0.05) is 41.9 Å². The smallest absolute Gasteiger partial charge is 0.376 e. The SMILES string of the molecule is COC(=O)c1nnc2ccc3nc(Cl)c(-c4ccccc4)nc3n12. The van der Waals surface area contributed by atoms with E-state index in [4.69, 9.17) is 16.3 Å². The van der Waals surface area contributed by atoms with Gasteiger partial charge in [0.05, 0.1) is 7.11 Å². The molecule has 3 heterocycles. The Morgan fingerprint density at radius 3 is 2.62 bits per heavy atom. The van der Waals surface area contributed by atoms with Gasteiger partial charge in [-0.15, -0.1) is 10.2 Å². The molecule has 0 amide bonds. The highest BCUT2D eigenvalue weighted by atomic mass is 35.5. The first-order valence-electron chi connectivity index (χ1n) is 7.04. The molecule has 3 aromatic heterocycles. The number of ether oxygens (including phenoxy) is 1. The molecule has 4 aromatic rings. The van der Waals surface area contributed by atoms with Crippen LogP contribution in [-0.2, 0) is 4.74 Å². The van der Waals surface area contributed by atoms with Crippen molar-refractivity contribution in [2.75, 3.05) is 7.11 Å². The number of carbonyl (C=O) groups is 1. The molecular formula is C16H10ClN5O2. The summed E-state index contributed by atoms with van der Waals surface area (Å²) < 4.78 is 6.26. The molecule has 0 spiro atoms. The molecule has 0 bridgehead atoms. The largest absolute Gasteiger partial charge is 0.463 e. The van der Waals surface area contributed by atoms with E-state index in [0.717, 1.165) is 5.56 Å². The number of pyridine rings is 1. The number of benzene rings is 1. The Kier molecular flexibility index (Phi) is 3.35. The molecular weight excluding hydrogens is 330 g/mol. The van der Waals surface area contributed by atoms with Crippen LogP contribution in [0.2, 0.25) is 5.15 Å². The number of halogens is 1. The molecule has 0 aliphatic heterocycles. The van der Waals surface area contributed by atoms with Gasteiger partial charge in [-0.3, -0.25) is 4.40 Å². The predicted octanol–water partition coefficient (Wildman–Crippen LogP) is 2.78. The minimum absolute atomic E-state index is 0.0359. The lowest BCUT2D eigenvalue weighted by Crippen LogP contribution is -2.09. The summed E-state index contributed by atoms with van der Waals surface area (Å²) in [4.78, 5) is 20.9. The quantitative estimate of drug-likeness (QED) is 0.522. The first-order valence-corrected chi connectivity index (χ1v) is 7.42. The molecule has 0 radical (unpaired) electrons. The van der Waals surface area contributed by atoms with Crippen LogP contribution in [0, 0.1) is 0 Å². The molecule has 0 fully saturated rings. The summed E-state index contributed by atoms with van der Waals surface area (Å²) in [6.07, 6.45) is 0. The summed E-state index contributed by atoms with van der Waals surface area (Å²) in [5.74, 6) is -0.568. The van der Waals surface area contributed by atoms with E-state index in [0.29, 0.717) is 22.5 Å². The molecule has 7 nitrogen and oxygen atoms in total. The third-order valence-corrected chi connectivity index (χ3v) is 3.83. The van der Waals surface area contributed by atoms with Gasteiger partial charge in [-0.25, -0.2) is 14.8 Å². The van der Waals surface area contributed by atoms with Gasteiger partial charge in [-0.2, -0.15) is 0 Å². The molecule has 118 valence electrons. The normalized spacial score (nSPS) is 11.1. The highest BCUT2D eigenvalue weighted by molar-refractivity contribution is 6.32. The summed E-state index contributed by atoms with van der Waals surface area (Å²) in [5.41, 5.74) is 2.76. The van der Waals surface area contributed by atoms with Gasteiger partial charge < -0.3 is 4.74 Å². The molecule has 0 unspecified atom stereocenters. The minimum Gasteiger partial charge on any atom is -0.463 e. The third-order valence-electron chi connectivity index (χ3n) is 3.57. The van der Waals surface area contributed by atoms with E-state index in [-0.39, 0.29) is 11.0 Å². The Morgan fingerprint density at radius 2 is 1.88 bits per heavy atom. The molecule has 0 saturated heterocycles. The fourth-order valence-electron chi connectivity index (χ4n) is 2.46. The van der Waals surface area contributed by atoms with Crippen molar-refractivity contribution >= 4 is 34.4 Å². The van der Waals surface area contributed by atoms with Crippen molar-refractivity contribution in [1.29, 1.82) is 0 Å². The third kappa shape index (κ3) is 2.17. The van der Waals surface area contributed by atoms with E-state index < -0.39 is 5.97 Å². The van der Waals surface area contributed by atoms with Gasteiger partial charge >= 0.3 is 5.97 Å². The average molecular weight is 340 g/mol. The van der Waals surface area contributed by atoms with Crippen LogP contribution >= 0.6 is 11.6 Å². The van der Waals surface area contributed by atoms with Crippen molar-refractivity contribution in [1.82, 2.24) is 24.6 Å². The van der Waals surface area contributed by atoms with Crippen molar-refractivity contribution in [3.05, 3.63) is 53.4 Å². The van der Waals surface area contributed by atoms with Crippen molar-refractivity contribution < 1.29 is 9.53 Å². The van der Waals surface area contributed by atoms with Gasteiger partial charge in [0.2, 0.25) is 5.82 Å². The first-order chi connectivity index (χ1) is 11.7. The summed E-state index contributed by atoms with van der Waals surface area (Å²) in [6, 6.07) is 12.9. The zero-order chi connectivity index (χ0) is 16.7. The van der Waals surface area contributed by atoms with Crippen LogP contribution in [0.1, 0.15) is 10.6 Å². The zero-order valence-electron chi connectivity index (χ0n) is 12.5. The molecule has 4 rings (SSSR count). The number of fused-ring (bicyclic) bond motifs is 3. The zero-order valence-corrected chi connectivity index (χ0v) is 13.2. The number of aromatic nitrogens is 5. The van der Waals surface area contributed by atoms with Crippen molar-refractivity contribution in [2.45, 2.75) is 0 Å². The fourth-order valence-corrected chi connectivity index (χ4v) is 2.71. The van der Waals surface area contributed by atoms with Gasteiger partial charge in [0, 0.05) is 5.56 Å². The van der Waals surface area contributed by atoms with Crippen LogP contribution < -0.4 is 0 Å². The number of methoxy groups -OCH3 is 1. The van der Waals surface area contributed by atoms with Crippen LogP contribution in [0.3, 0.4) is 0 Å². The highest BCUT2D eigenvalue weighted by Gasteiger charge is 2.19. The Hall–Kier alpha value is -3.06. The predicted molar refractivity (Wildman–Crippen MR) is 87.9 cm³/mol. The van der Waals surface area contributed by atoms with Crippen molar-refractivity contribution in [3.8, 4) is 11.3 Å².